The van der Waals surface area contributed by atoms with E-state index in [1.807, 2.05) is 0 Å². The van der Waals surface area contributed by atoms with Crippen LogP contribution in [0.15, 0.2) is 0 Å². The fourth-order valence-corrected chi connectivity index (χ4v) is 1.81. The van der Waals surface area contributed by atoms with Crippen LogP contribution in [-0.4, -0.2) is 37.1 Å². The van der Waals surface area contributed by atoms with Crippen LogP contribution in [0.5, 0.6) is 0 Å². The summed E-state index contributed by atoms with van der Waals surface area (Å²) >= 11 is 0. The van der Waals surface area contributed by atoms with Crippen LogP contribution in [0.3, 0.4) is 0 Å². The molecule has 0 saturated carbocycles. The Bertz CT molecular complexity index is 136. The van der Waals surface area contributed by atoms with E-state index in [2.05, 4.69) is 31.0 Å². The van der Waals surface area contributed by atoms with Crippen LogP contribution in [-0.2, 0) is 0 Å². The zero-order valence-electron chi connectivity index (χ0n) is 9.34. The summed E-state index contributed by atoms with van der Waals surface area (Å²) in [5, 5.41) is 3.42. The van der Waals surface area contributed by atoms with E-state index in [0.29, 0.717) is 0 Å². The molecule has 1 fully saturated rings. The van der Waals surface area contributed by atoms with Crippen LogP contribution in [0, 0.1) is 5.92 Å². The lowest BCUT2D eigenvalue weighted by Crippen LogP contribution is -2.50. The Morgan fingerprint density at radius 2 is 2.31 bits per heavy atom. The van der Waals surface area contributed by atoms with Crippen molar-refractivity contribution in [2.45, 2.75) is 39.7 Å². The van der Waals surface area contributed by atoms with Gasteiger partial charge in [0.15, 0.2) is 0 Å². The summed E-state index contributed by atoms with van der Waals surface area (Å²) in [7, 11) is 0. The maximum Gasteiger partial charge on any atom is 0.0192 e. The zero-order valence-corrected chi connectivity index (χ0v) is 9.34. The fraction of sp³-hybridized carbons (Fsp3) is 1.00. The summed E-state index contributed by atoms with van der Waals surface area (Å²) < 4.78 is 0. The number of hydrogen-bond acceptors (Lipinski definition) is 2. The Morgan fingerprint density at radius 1 is 1.54 bits per heavy atom. The molecule has 1 heterocycles. The van der Waals surface area contributed by atoms with E-state index >= 15 is 0 Å². The lowest BCUT2D eigenvalue weighted by atomic mass is 10.0. The molecule has 1 aliphatic rings. The van der Waals surface area contributed by atoms with Crippen LogP contribution in [0.25, 0.3) is 0 Å². The highest BCUT2D eigenvalue weighted by Gasteiger charge is 2.17. The first-order chi connectivity index (χ1) is 6.24. The molecule has 1 rings (SSSR count). The highest BCUT2D eigenvalue weighted by molar-refractivity contribution is 4.76. The normalized spacial score (nSPS) is 27.5. The Morgan fingerprint density at radius 3 is 2.92 bits per heavy atom. The van der Waals surface area contributed by atoms with Crippen LogP contribution >= 0.6 is 0 Å². The first-order valence-corrected chi connectivity index (χ1v) is 5.68. The molecule has 0 amide bonds. The second-order valence-electron chi connectivity index (χ2n) is 4.39. The van der Waals surface area contributed by atoms with Crippen molar-refractivity contribution >= 4 is 0 Å². The molecule has 2 nitrogen and oxygen atoms in total. The van der Waals surface area contributed by atoms with E-state index in [1.54, 1.807) is 0 Å². The summed E-state index contributed by atoms with van der Waals surface area (Å²) in [6, 6.07) is 0.734. The van der Waals surface area contributed by atoms with E-state index in [0.717, 1.165) is 12.0 Å². The molecule has 0 bridgehead atoms. The lowest BCUT2D eigenvalue weighted by molar-refractivity contribution is 0.163. The van der Waals surface area contributed by atoms with Gasteiger partial charge in [0.1, 0.15) is 0 Å². The van der Waals surface area contributed by atoms with Crippen LogP contribution in [0.1, 0.15) is 33.6 Å². The summed E-state index contributed by atoms with van der Waals surface area (Å²) in [6.45, 7) is 11.8. The van der Waals surface area contributed by atoms with Gasteiger partial charge in [-0.1, -0.05) is 20.3 Å². The lowest BCUT2D eigenvalue weighted by Gasteiger charge is -2.34. The third-order valence-electron chi connectivity index (χ3n) is 3.24. The van der Waals surface area contributed by atoms with Crippen molar-refractivity contribution in [3.8, 4) is 0 Å². The molecule has 0 aliphatic carbocycles. The maximum absolute atomic E-state index is 3.42. The molecule has 78 valence electrons. The largest absolute Gasteiger partial charge is 0.314 e. The molecule has 2 heteroatoms. The molecule has 1 N–H and O–H groups in total. The predicted molar refractivity (Wildman–Crippen MR) is 58.0 cm³/mol. The van der Waals surface area contributed by atoms with Crippen molar-refractivity contribution in [3.05, 3.63) is 0 Å². The second kappa shape index (κ2) is 5.61. The minimum atomic E-state index is 0.734. The van der Waals surface area contributed by atoms with E-state index < -0.39 is 0 Å². The average Bonchev–Trinajstić information content (AvgIpc) is 2.16. The number of nitrogens with zero attached hydrogens (tertiary/aromatic N) is 1. The van der Waals surface area contributed by atoms with Crippen LogP contribution < -0.4 is 5.32 Å². The van der Waals surface area contributed by atoms with Gasteiger partial charge in [-0.2, -0.15) is 0 Å². The van der Waals surface area contributed by atoms with E-state index in [-0.39, 0.29) is 0 Å². The molecule has 0 aromatic carbocycles. The topological polar surface area (TPSA) is 15.3 Å². The standard InChI is InChI=1S/C11H24N2/c1-4-10(2)5-7-13-8-6-12-9-11(13)3/h10-12H,4-9H2,1-3H3. The van der Waals surface area contributed by atoms with Gasteiger partial charge in [0.2, 0.25) is 0 Å². The average molecular weight is 184 g/mol. The quantitative estimate of drug-likeness (QED) is 0.715. The van der Waals surface area contributed by atoms with Gasteiger partial charge in [0.25, 0.3) is 0 Å². The molecule has 13 heavy (non-hydrogen) atoms. The Labute approximate surface area is 82.7 Å². The fourth-order valence-electron chi connectivity index (χ4n) is 1.81. The van der Waals surface area contributed by atoms with Gasteiger partial charge >= 0.3 is 0 Å². The van der Waals surface area contributed by atoms with Crippen LogP contribution in [0.2, 0.25) is 0 Å². The number of nitrogens with one attached hydrogen (secondary N) is 1. The minimum absolute atomic E-state index is 0.734. The Hall–Kier alpha value is -0.0800. The summed E-state index contributed by atoms with van der Waals surface area (Å²) in [4.78, 5) is 2.61. The number of piperazine rings is 1. The van der Waals surface area contributed by atoms with Crippen molar-refractivity contribution in [1.82, 2.24) is 10.2 Å². The van der Waals surface area contributed by atoms with Gasteiger partial charge in [0, 0.05) is 25.7 Å². The van der Waals surface area contributed by atoms with E-state index in [9.17, 15) is 0 Å². The number of hydrogen-bond donors (Lipinski definition) is 1. The smallest absolute Gasteiger partial charge is 0.0192 e. The molecule has 0 aromatic heterocycles. The molecule has 0 radical (unpaired) electrons. The highest BCUT2D eigenvalue weighted by Crippen LogP contribution is 2.10. The van der Waals surface area contributed by atoms with Crippen molar-refractivity contribution < 1.29 is 0 Å². The van der Waals surface area contributed by atoms with Crippen molar-refractivity contribution in [3.63, 3.8) is 0 Å². The predicted octanol–water partition coefficient (Wildman–Crippen LogP) is 1.72. The van der Waals surface area contributed by atoms with Gasteiger partial charge in [-0.25, -0.2) is 0 Å². The van der Waals surface area contributed by atoms with Gasteiger partial charge in [-0.3, -0.25) is 4.90 Å². The van der Waals surface area contributed by atoms with Crippen molar-refractivity contribution in [1.29, 1.82) is 0 Å². The third kappa shape index (κ3) is 3.65. The maximum atomic E-state index is 3.42. The van der Waals surface area contributed by atoms with E-state index in [4.69, 9.17) is 0 Å². The second-order valence-corrected chi connectivity index (χ2v) is 4.39. The number of rotatable bonds is 4. The first kappa shape index (κ1) is 11.0. The molecular formula is C11H24N2. The summed E-state index contributed by atoms with van der Waals surface area (Å²) in [5.74, 6) is 0.891. The molecule has 2 unspecified atom stereocenters. The molecule has 1 saturated heterocycles. The van der Waals surface area contributed by atoms with Gasteiger partial charge < -0.3 is 5.32 Å². The van der Waals surface area contributed by atoms with Gasteiger partial charge in [-0.05, 0) is 25.8 Å². The Kier molecular flexibility index (Phi) is 4.74. The summed E-state index contributed by atoms with van der Waals surface area (Å²) in [6.07, 6.45) is 2.68. The summed E-state index contributed by atoms with van der Waals surface area (Å²) in [5.41, 5.74) is 0. The molecule has 2 atom stereocenters. The molecule has 0 spiro atoms. The van der Waals surface area contributed by atoms with Crippen molar-refractivity contribution in [2.75, 3.05) is 26.2 Å². The minimum Gasteiger partial charge on any atom is -0.314 e. The SMILES string of the molecule is CCC(C)CCN1CCNCC1C. The van der Waals surface area contributed by atoms with Gasteiger partial charge in [0.05, 0.1) is 0 Å². The van der Waals surface area contributed by atoms with Gasteiger partial charge in [-0.15, -0.1) is 0 Å². The highest BCUT2D eigenvalue weighted by atomic mass is 15.2. The van der Waals surface area contributed by atoms with Crippen molar-refractivity contribution in [2.24, 2.45) is 5.92 Å². The van der Waals surface area contributed by atoms with Crippen LogP contribution in [0.4, 0.5) is 0 Å². The molecule has 0 aromatic rings. The third-order valence-corrected chi connectivity index (χ3v) is 3.24. The first-order valence-electron chi connectivity index (χ1n) is 5.68. The molecule has 1 aliphatic heterocycles. The Balaban J connectivity index is 2.18. The van der Waals surface area contributed by atoms with E-state index in [1.165, 1.54) is 39.0 Å². The molecular weight excluding hydrogens is 160 g/mol. The monoisotopic (exact) mass is 184 g/mol. The zero-order chi connectivity index (χ0) is 9.68.